The summed E-state index contributed by atoms with van der Waals surface area (Å²) < 4.78 is 2.22. The number of thiocarbonyl (C=S) groups is 1. The molecule has 1 aliphatic heterocycles. The highest BCUT2D eigenvalue weighted by Gasteiger charge is 2.41. The number of pyridine rings is 1. The van der Waals surface area contributed by atoms with Crippen molar-refractivity contribution in [1.29, 1.82) is 0 Å². The lowest BCUT2D eigenvalue weighted by atomic mass is 9.98. The van der Waals surface area contributed by atoms with Crippen molar-refractivity contribution in [2.24, 2.45) is 0 Å². The summed E-state index contributed by atoms with van der Waals surface area (Å²) in [4.78, 5) is 19.3. The lowest BCUT2D eigenvalue weighted by Crippen LogP contribution is -2.29. The van der Waals surface area contributed by atoms with Gasteiger partial charge >= 0.3 is 0 Å². The molecule has 0 amide bonds. The number of aromatic nitrogens is 2. The van der Waals surface area contributed by atoms with Gasteiger partial charge < -0.3 is 14.8 Å². The van der Waals surface area contributed by atoms with Crippen LogP contribution in [0.1, 0.15) is 44.1 Å². The van der Waals surface area contributed by atoms with Gasteiger partial charge in [-0.15, -0.1) is 0 Å². The number of nitro groups is 1. The highest BCUT2D eigenvalue weighted by Crippen LogP contribution is 2.42. The highest BCUT2D eigenvalue weighted by atomic mass is 32.2. The van der Waals surface area contributed by atoms with E-state index in [9.17, 15) is 10.1 Å². The normalized spacial score (nSPS) is 17.6. The molecule has 0 aliphatic carbocycles. The van der Waals surface area contributed by atoms with Crippen molar-refractivity contribution in [2.45, 2.75) is 48.2 Å². The molecule has 2 aromatic heterocycles. The zero-order chi connectivity index (χ0) is 26.2. The van der Waals surface area contributed by atoms with Crippen LogP contribution < -0.4 is 10.2 Å². The molecule has 9 heteroatoms. The van der Waals surface area contributed by atoms with E-state index in [0.717, 1.165) is 26.7 Å². The molecular formula is C28H27N5O2S2. The highest BCUT2D eigenvalue weighted by molar-refractivity contribution is 7.99. The molecular weight excluding hydrogens is 502 g/mol. The Hall–Kier alpha value is -3.69. The molecule has 37 heavy (non-hydrogen) atoms. The average molecular weight is 530 g/mol. The standard InChI is InChI=1S/C28H27N5O2S2/c1-28(2,3)31-17-15-19(18-31)26-25(24-6-4-5-16-29-24)30-27(36)32(26)20-7-11-22(12-8-20)37-23-13-9-21(10-14-23)33(34)35/h4-18,25-26H,1-3H3,(H,30,36)/t25-,26+/m0/s1. The minimum absolute atomic E-state index is 0.0349. The maximum Gasteiger partial charge on any atom is 0.269 e. The predicted molar refractivity (Wildman–Crippen MR) is 151 cm³/mol. The fourth-order valence-corrected chi connectivity index (χ4v) is 5.59. The van der Waals surface area contributed by atoms with E-state index in [4.69, 9.17) is 12.2 Å². The SMILES string of the molecule is CC(C)(C)n1ccc([C@@H]2[C@H](c3ccccn3)NC(=S)N2c2ccc(Sc3ccc([N+](=O)[O-])cc3)cc2)c1. The topological polar surface area (TPSA) is 76.2 Å². The maximum absolute atomic E-state index is 10.9. The van der Waals surface area contributed by atoms with E-state index < -0.39 is 0 Å². The molecule has 4 aromatic rings. The van der Waals surface area contributed by atoms with E-state index in [2.05, 4.69) is 83.3 Å². The van der Waals surface area contributed by atoms with Gasteiger partial charge in [0, 0.05) is 51.7 Å². The van der Waals surface area contributed by atoms with E-state index in [1.807, 2.05) is 24.4 Å². The third kappa shape index (κ3) is 5.23. The van der Waals surface area contributed by atoms with Crippen molar-refractivity contribution in [2.75, 3.05) is 4.90 Å². The summed E-state index contributed by atoms with van der Waals surface area (Å²) in [6.45, 7) is 6.55. The van der Waals surface area contributed by atoms with Crippen LogP contribution in [0, 0.1) is 10.1 Å². The van der Waals surface area contributed by atoms with E-state index in [0.29, 0.717) is 5.11 Å². The van der Waals surface area contributed by atoms with Crippen LogP contribution in [0.25, 0.3) is 0 Å². The molecule has 1 aliphatic rings. The summed E-state index contributed by atoms with van der Waals surface area (Å²) in [6, 6.07) is 22.8. The number of anilines is 1. The number of hydrogen-bond acceptors (Lipinski definition) is 5. The largest absolute Gasteiger partial charge is 0.351 e. The lowest BCUT2D eigenvalue weighted by molar-refractivity contribution is -0.384. The number of hydrogen-bond donors (Lipinski definition) is 1. The van der Waals surface area contributed by atoms with Crippen molar-refractivity contribution in [3.8, 4) is 0 Å². The number of nitrogens with zero attached hydrogens (tertiary/aromatic N) is 4. The molecule has 2 atom stereocenters. The van der Waals surface area contributed by atoms with E-state index in [1.165, 1.54) is 12.1 Å². The summed E-state index contributed by atoms with van der Waals surface area (Å²) in [5.41, 5.74) is 3.13. The molecule has 1 fully saturated rings. The molecule has 3 heterocycles. The summed E-state index contributed by atoms with van der Waals surface area (Å²) >= 11 is 7.41. The minimum atomic E-state index is -0.388. The Morgan fingerprint density at radius 1 is 1.00 bits per heavy atom. The van der Waals surface area contributed by atoms with Crippen LogP contribution in [0.4, 0.5) is 11.4 Å². The zero-order valence-electron chi connectivity index (χ0n) is 20.7. The van der Waals surface area contributed by atoms with Gasteiger partial charge in [0.1, 0.15) is 0 Å². The van der Waals surface area contributed by atoms with Gasteiger partial charge in [-0.2, -0.15) is 0 Å². The lowest BCUT2D eigenvalue weighted by Gasteiger charge is -2.28. The van der Waals surface area contributed by atoms with Crippen LogP contribution >= 0.6 is 24.0 Å². The van der Waals surface area contributed by atoms with Crippen LogP contribution in [-0.4, -0.2) is 19.6 Å². The number of non-ortho nitro benzene ring substituents is 1. The average Bonchev–Trinajstić information content (AvgIpc) is 3.50. The fourth-order valence-electron chi connectivity index (χ4n) is 4.42. The monoisotopic (exact) mass is 529 g/mol. The Labute approximate surface area is 225 Å². The number of nitrogens with one attached hydrogen (secondary N) is 1. The Balaban J connectivity index is 1.45. The number of benzene rings is 2. The molecule has 5 rings (SSSR count). The molecule has 0 saturated carbocycles. The third-order valence-corrected chi connectivity index (χ3v) is 7.66. The second kappa shape index (κ2) is 9.99. The van der Waals surface area contributed by atoms with Gasteiger partial charge in [-0.1, -0.05) is 17.8 Å². The van der Waals surface area contributed by atoms with Crippen molar-refractivity contribution >= 4 is 40.5 Å². The number of rotatable bonds is 6. The van der Waals surface area contributed by atoms with Crippen LogP contribution in [0.15, 0.2) is 101 Å². The first kappa shape index (κ1) is 25.0. The maximum atomic E-state index is 10.9. The van der Waals surface area contributed by atoms with Gasteiger partial charge in [-0.25, -0.2) is 0 Å². The molecule has 2 aromatic carbocycles. The second-order valence-corrected chi connectivity index (χ2v) is 11.4. The number of nitro benzene ring substituents is 1. The Bertz CT molecular complexity index is 1410. The Morgan fingerprint density at radius 3 is 2.24 bits per heavy atom. The molecule has 0 unspecified atom stereocenters. The van der Waals surface area contributed by atoms with Gasteiger partial charge in [0.25, 0.3) is 5.69 Å². The van der Waals surface area contributed by atoms with Crippen LogP contribution in [0.3, 0.4) is 0 Å². The molecule has 1 saturated heterocycles. The van der Waals surface area contributed by atoms with E-state index in [-0.39, 0.29) is 28.2 Å². The summed E-state index contributed by atoms with van der Waals surface area (Å²) in [5.74, 6) is 0. The zero-order valence-corrected chi connectivity index (χ0v) is 22.4. The van der Waals surface area contributed by atoms with Crippen molar-refractivity contribution in [3.63, 3.8) is 0 Å². The molecule has 1 N–H and O–H groups in total. The van der Waals surface area contributed by atoms with E-state index in [1.54, 1.807) is 23.9 Å². The quantitative estimate of drug-likeness (QED) is 0.166. The molecule has 0 radical (unpaired) electrons. The smallest absolute Gasteiger partial charge is 0.269 e. The van der Waals surface area contributed by atoms with Gasteiger partial charge in [0.2, 0.25) is 0 Å². The first-order chi connectivity index (χ1) is 17.7. The molecule has 0 bridgehead atoms. The van der Waals surface area contributed by atoms with Gasteiger partial charge in [0.05, 0.1) is 22.7 Å². The predicted octanol–water partition coefficient (Wildman–Crippen LogP) is 6.87. The van der Waals surface area contributed by atoms with Gasteiger partial charge in [0.15, 0.2) is 5.11 Å². The minimum Gasteiger partial charge on any atom is -0.351 e. The summed E-state index contributed by atoms with van der Waals surface area (Å²) in [5, 5.41) is 15.1. The van der Waals surface area contributed by atoms with Crippen LogP contribution in [0.2, 0.25) is 0 Å². The molecule has 7 nitrogen and oxygen atoms in total. The van der Waals surface area contributed by atoms with Crippen molar-refractivity contribution < 1.29 is 4.92 Å². The van der Waals surface area contributed by atoms with Crippen molar-refractivity contribution in [1.82, 2.24) is 14.9 Å². The Morgan fingerprint density at radius 2 is 1.68 bits per heavy atom. The molecule has 188 valence electrons. The van der Waals surface area contributed by atoms with E-state index >= 15 is 0 Å². The van der Waals surface area contributed by atoms with Crippen LogP contribution in [0.5, 0.6) is 0 Å². The second-order valence-electron chi connectivity index (χ2n) is 9.87. The Kier molecular flexibility index (Phi) is 6.74. The summed E-state index contributed by atoms with van der Waals surface area (Å²) in [6.07, 6.45) is 6.13. The van der Waals surface area contributed by atoms with Gasteiger partial charge in [-0.05, 0) is 93.1 Å². The van der Waals surface area contributed by atoms with Crippen LogP contribution in [-0.2, 0) is 5.54 Å². The first-order valence-electron chi connectivity index (χ1n) is 11.9. The van der Waals surface area contributed by atoms with Crippen molar-refractivity contribution in [3.05, 3.63) is 113 Å². The third-order valence-electron chi connectivity index (χ3n) is 6.33. The molecule has 0 spiro atoms. The first-order valence-corrected chi connectivity index (χ1v) is 13.1. The summed E-state index contributed by atoms with van der Waals surface area (Å²) in [7, 11) is 0. The fraction of sp³-hybridized carbons (Fsp3) is 0.214. The van der Waals surface area contributed by atoms with Gasteiger partial charge in [-0.3, -0.25) is 15.1 Å².